The first-order valence-corrected chi connectivity index (χ1v) is 5.95. The van der Waals surface area contributed by atoms with Gasteiger partial charge < -0.3 is 4.74 Å². The molecule has 1 saturated carbocycles. The first-order valence-electron chi connectivity index (χ1n) is 5.95. The maximum atomic E-state index is 13.0. The van der Waals surface area contributed by atoms with Gasteiger partial charge in [0, 0.05) is 0 Å². The summed E-state index contributed by atoms with van der Waals surface area (Å²) in [5, 5.41) is 0. The normalized spacial score (nSPS) is 20.4. The van der Waals surface area contributed by atoms with Crippen LogP contribution in [-0.2, 0) is 9.53 Å². The van der Waals surface area contributed by atoms with E-state index in [1.807, 2.05) is 0 Å². The molecule has 0 aromatic carbocycles. The van der Waals surface area contributed by atoms with Gasteiger partial charge in [-0.25, -0.2) is 0 Å². The van der Waals surface area contributed by atoms with Crippen molar-refractivity contribution in [2.75, 3.05) is 0 Å². The Balaban J connectivity index is 2.86. The van der Waals surface area contributed by atoms with Crippen molar-refractivity contribution in [3.8, 4) is 0 Å². The average molecular weight is 252 g/mol. The van der Waals surface area contributed by atoms with E-state index in [0.717, 1.165) is 0 Å². The third kappa shape index (κ3) is 2.75. The summed E-state index contributed by atoms with van der Waals surface area (Å²) < 4.78 is 43.8. The van der Waals surface area contributed by atoms with Gasteiger partial charge >= 0.3 is 12.1 Å². The number of hydrogen-bond donors (Lipinski definition) is 0. The van der Waals surface area contributed by atoms with E-state index in [1.54, 1.807) is 20.8 Å². The van der Waals surface area contributed by atoms with E-state index in [2.05, 4.69) is 0 Å². The monoisotopic (exact) mass is 252 g/mol. The Hall–Kier alpha value is -0.740. The van der Waals surface area contributed by atoms with E-state index in [0.29, 0.717) is 19.3 Å². The second-order valence-electron chi connectivity index (χ2n) is 5.33. The van der Waals surface area contributed by atoms with E-state index in [1.165, 1.54) is 0 Å². The second kappa shape index (κ2) is 4.50. The Morgan fingerprint density at radius 3 is 2.06 bits per heavy atom. The maximum absolute atomic E-state index is 13.0. The summed E-state index contributed by atoms with van der Waals surface area (Å²) in [7, 11) is 0. The van der Waals surface area contributed by atoms with Crippen molar-refractivity contribution >= 4 is 5.97 Å². The highest BCUT2D eigenvalue weighted by molar-refractivity contribution is 5.76. The van der Waals surface area contributed by atoms with Gasteiger partial charge in [-0.15, -0.1) is 0 Å². The molecule has 2 nitrogen and oxygen atoms in total. The summed E-state index contributed by atoms with van der Waals surface area (Å²) in [4.78, 5) is 11.8. The predicted molar refractivity (Wildman–Crippen MR) is 57.4 cm³/mol. The fraction of sp³-hybridized carbons (Fsp3) is 0.917. The van der Waals surface area contributed by atoms with Gasteiger partial charge in [-0.3, -0.25) is 4.79 Å². The number of carbonyl (C=O) groups excluding carboxylic acids is 1. The van der Waals surface area contributed by atoms with E-state index in [-0.39, 0.29) is 12.8 Å². The van der Waals surface area contributed by atoms with Crippen LogP contribution in [-0.4, -0.2) is 17.7 Å². The molecular formula is C12H19F3O2. The number of esters is 1. The van der Waals surface area contributed by atoms with Crippen molar-refractivity contribution in [2.24, 2.45) is 5.41 Å². The molecule has 0 atom stereocenters. The molecule has 1 aliphatic rings. The minimum atomic E-state index is -4.47. The summed E-state index contributed by atoms with van der Waals surface area (Å²) >= 11 is 0. The van der Waals surface area contributed by atoms with Crippen molar-refractivity contribution in [3.63, 3.8) is 0 Å². The van der Waals surface area contributed by atoms with Crippen LogP contribution in [0.5, 0.6) is 0 Å². The zero-order valence-electron chi connectivity index (χ0n) is 10.5. The molecule has 0 aromatic heterocycles. The van der Waals surface area contributed by atoms with Crippen LogP contribution in [0.4, 0.5) is 13.2 Å². The molecule has 0 aromatic rings. The molecule has 17 heavy (non-hydrogen) atoms. The largest absolute Gasteiger partial charge is 0.449 e. The topological polar surface area (TPSA) is 26.3 Å². The predicted octanol–water partition coefficient (Wildman–Crippen LogP) is 3.84. The molecule has 0 saturated heterocycles. The minimum Gasteiger partial charge on any atom is -0.449 e. The van der Waals surface area contributed by atoms with Crippen molar-refractivity contribution in [1.29, 1.82) is 0 Å². The molecule has 0 spiro atoms. The number of carbonyl (C=O) groups is 1. The zero-order valence-corrected chi connectivity index (χ0v) is 10.5. The summed E-state index contributed by atoms with van der Waals surface area (Å²) in [6, 6.07) is 0. The van der Waals surface area contributed by atoms with E-state index in [4.69, 9.17) is 4.74 Å². The highest BCUT2D eigenvalue weighted by Crippen LogP contribution is 2.46. The molecule has 5 heteroatoms. The molecule has 1 aliphatic carbocycles. The quantitative estimate of drug-likeness (QED) is 0.713. The lowest BCUT2D eigenvalue weighted by atomic mass is 9.90. The first kappa shape index (κ1) is 14.3. The Kier molecular flexibility index (Phi) is 3.79. The van der Waals surface area contributed by atoms with E-state index < -0.39 is 23.2 Å². The Labute approximate surface area is 99.5 Å². The van der Waals surface area contributed by atoms with Gasteiger partial charge in [0.05, 0.1) is 5.41 Å². The zero-order chi connectivity index (χ0) is 13.3. The van der Waals surface area contributed by atoms with Crippen molar-refractivity contribution in [2.45, 2.75) is 64.7 Å². The summed E-state index contributed by atoms with van der Waals surface area (Å²) in [5.74, 6) is -0.751. The molecule has 100 valence electrons. The Bertz CT molecular complexity index is 289. The van der Waals surface area contributed by atoms with Crippen LogP contribution in [0.1, 0.15) is 52.9 Å². The highest BCUT2D eigenvalue weighted by atomic mass is 19.4. The van der Waals surface area contributed by atoms with Crippen molar-refractivity contribution in [1.82, 2.24) is 0 Å². The summed E-state index contributed by atoms with van der Waals surface area (Å²) in [5.41, 5.74) is -3.10. The standard InChI is InChI=1S/C12H19F3O2/c1-4-10(2,3)9(16)17-11(12(13,14)15)7-5-6-8-11/h4-8H2,1-3H3. The SMILES string of the molecule is CCC(C)(C)C(=O)OC1(C(F)(F)F)CCCC1. The lowest BCUT2D eigenvalue weighted by Crippen LogP contribution is -2.48. The van der Waals surface area contributed by atoms with E-state index in [9.17, 15) is 18.0 Å². The maximum Gasteiger partial charge on any atom is 0.428 e. The molecule has 0 N–H and O–H groups in total. The molecule has 0 aliphatic heterocycles. The van der Waals surface area contributed by atoms with Crippen LogP contribution in [0.3, 0.4) is 0 Å². The third-order valence-corrected chi connectivity index (χ3v) is 3.65. The molecule has 1 rings (SSSR count). The molecule has 0 amide bonds. The van der Waals surface area contributed by atoms with Crippen LogP contribution in [0.15, 0.2) is 0 Å². The number of ether oxygens (including phenoxy) is 1. The molecule has 0 heterocycles. The summed E-state index contributed by atoms with van der Waals surface area (Å²) in [6.45, 7) is 4.97. The van der Waals surface area contributed by atoms with Gasteiger partial charge in [0.25, 0.3) is 0 Å². The van der Waals surface area contributed by atoms with Crippen LogP contribution < -0.4 is 0 Å². The number of alkyl halides is 3. The number of hydrogen-bond acceptors (Lipinski definition) is 2. The van der Waals surface area contributed by atoms with Crippen LogP contribution in [0.2, 0.25) is 0 Å². The molecule has 0 bridgehead atoms. The van der Waals surface area contributed by atoms with Gasteiger partial charge in [0.2, 0.25) is 5.60 Å². The number of rotatable bonds is 3. The third-order valence-electron chi connectivity index (χ3n) is 3.65. The molecule has 0 unspecified atom stereocenters. The fourth-order valence-corrected chi connectivity index (χ4v) is 1.85. The minimum absolute atomic E-state index is 0.109. The van der Waals surface area contributed by atoms with Crippen molar-refractivity contribution < 1.29 is 22.7 Å². The van der Waals surface area contributed by atoms with Gasteiger partial charge in [0.15, 0.2) is 0 Å². The van der Waals surface area contributed by atoms with Gasteiger partial charge in [-0.2, -0.15) is 13.2 Å². The van der Waals surface area contributed by atoms with Crippen molar-refractivity contribution in [3.05, 3.63) is 0 Å². The first-order chi connectivity index (χ1) is 7.65. The van der Waals surface area contributed by atoms with Crippen LogP contribution in [0.25, 0.3) is 0 Å². The summed E-state index contributed by atoms with van der Waals surface area (Å²) in [6.07, 6.45) is -3.31. The number of halogens is 3. The average Bonchev–Trinajstić information content (AvgIpc) is 2.66. The van der Waals surface area contributed by atoms with E-state index >= 15 is 0 Å². The fourth-order valence-electron chi connectivity index (χ4n) is 1.85. The second-order valence-corrected chi connectivity index (χ2v) is 5.33. The molecular weight excluding hydrogens is 233 g/mol. The van der Waals surface area contributed by atoms with Gasteiger partial charge in [0.1, 0.15) is 0 Å². The van der Waals surface area contributed by atoms with Crippen LogP contribution in [0, 0.1) is 5.41 Å². The molecule has 1 fully saturated rings. The molecule has 0 radical (unpaired) electrons. The Morgan fingerprint density at radius 1 is 1.24 bits per heavy atom. The lowest BCUT2D eigenvalue weighted by Gasteiger charge is -2.34. The smallest absolute Gasteiger partial charge is 0.428 e. The van der Waals surface area contributed by atoms with Crippen LogP contribution >= 0.6 is 0 Å². The Morgan fingerprint density at radius 2 is 1.71 bits per heavy atom. The lowest BCUT2D eigenvalue weighted by molar-refractivity contribution is -0.271. The van der Waals surface area contributed by atoms with Gasteiger partial charge in [-0.1, -0.05) is 6.92 Å². The highest BCUT2D eigenvalue weighted by Gasteiger charge is 2.59. The van der Waals surface area contributed by atoms with Gasteiger partial charge in [-0.05, 0) is 46.0 Å².